The first-order valence-electron chi connectivity index (χ1n) is 14.8. The Balaban J connectivity index is 0.000000427. The van der Waals surface area contributed by atoms with Crippen LogP contribution in [0, 0.1) is 20.8 Å². The molecule has 0 amide bonds. The number of rotatable bonds is 11. The molecule has 0 aliphatic rings. The first-order valence-corrected chi connectivity index (χ1v) is 14.8. The van der Waals surface area contributed by atoms with Crippen molar-refractivity contribution in [2.24, 2.45) is 0 Å². The highest BCUT2D eigenvalue weighted by Crippen LogP contribution is 2.19. The van der Waals surface area contributed by atoms with Crippen LogP contribution in [0.2, 0.25) is 6.32 Å². The zero-order chi connectivity index (χ0) is 27.2. The van der Waals surface area contributed by atoms with Crippen molar-refractivity contribution in [3.8, 4) is 0 Å². The van der Waals surface area contributed by atoms with E-state index in [1.165, 1.54) is 77.9 Å². The molecule has 0 atom stereocenters. The topological polar surface area (TPSA) is 3.88 Å². The minimum Gasteiger partial charge on any atom is -0.205 e. The summed E-state index contributed by atoms with van der Waals surface area (Å²) >= 11 is 0. The Kier molecular flexibility index (Phi) is 11.9. The summed E-state index contributed by atoms with van der Waals surface area (Å²) in [6.07, 6.45) is 12.3. The average molecular weight is 506 g/mol. The summed E-state index contributed by atoms with van der Waals surface area (Å²) in [5.41, 5.74) is 8.41. The third-order valence-electron chi connectivity index (χ3n) is 8.07. The lowest BCUT2D eigenvalue weighted by Gasteiger charge is -2.43. The molecule has 0 fully saturated rings. The van der Waals surface area contributed by atoms with Gasteiger partial charge in [-0.15, -0.1) is 0 Å². The highest BCUT2D eigenvalue weighted by atomic mass is 14.9. The minimum atomic E-state index is -0.981. The number of hydrogen-bond acceptors (Lipinski definition) is 0. The maximum Gasteiger partial charge on any atom is 0.168 e. The number of aryl methyl sites for hydroxylation is 4. The van der Waals surface area contributed by atoms with E-state index in [0.29, 0.717) is 0 Å². The summed E-state index contributed by atoms with van der Waals surface area (Å²) in [6.45, 7) is 12.0. The highest BCUT2D eigenvalue weighted by molar-refractivity contribution is 7.11. The van der Waals surface area contributed by atoms with Gasteiger partial charge in [0.25, 0.3) is 0 Å². The first kappa shape index (κ1) is 29.4. The molecule has 1 nitrogen and oxygen atoms in total. The summed E-state index contributed by atoms with van der Waals surface area (Å²) in [6, 6.07) is 34.1. The SMILES string of the molecule is CCCCCCCC[B-](c1ccc(C)cc1)(c1ccc(C)cc1)c1ccc(C)cc1.CC[n+]1ccccc1. The van der Waals surface area contributed by atoms with Crippen LogP contribution in [-0.4, -0.2) is 6.15 Å². The van der Waals surface area contributed by atoms with Crippen molar-refractivity contribution >= 4 is 22.5 Å². The molecule has 0 N–H and O–H groups in total. The molecule has 1 aromatic heterocycles. The highest BCUT2D eigenvalue weighted by Gasteiger charge is 2.29. The van der Waals surface area contributed by atoms with E-state index in [0.717, 1.165) is 6.54 Å². The molecule has 0 saturated heterocycles. The normalized spacial score (nSPS) is 11.1. The summed E-state index contributed by atoms with van der Waals surface area (Å²) < 4.78 is 2.12. The van der Waals surface area contributed by atoms with Crippen LogP contribution < -0.4 is 21.0 Å². The van der Waals surface area contributed by atoms with E-state index >= 15 is 0 Å². The molecule has 4 rings (SSSR count). The third kappa shape index (κ3) is 8.19. The quantitative estimate of drug-likeness (QED) is 0.113. The lowest BCUT2D eigenvalue weighted by atomic mass is 9.14. The van der Waals surface area contributed by atoms with Crippen molar-refractivity contribution < 1.29 is 4.57 Å². The standard InChI is InChI=1S/C29H38B.C7H10N/c1-5-6-7-8-9-10-23-30(27-17-11-24(2)12-18-27,28-19-13-25(3)14-20-28)29-21-15-26(4)16-22-29;1-2-8-6-4-3-5-7-8/h11-22H,5-10,23H2,1-4H3;3-7H,2H2,1H3/q-1;+1. The molecule has 3 aromatic carbocycles. The Morgan fingerprint density at radius 1 is 0.500 bits per heavy atom. The molecule has 0 unspecified atom stereocenters. The number of unbranched alkanes of at least 4 members (excludes halogenated alkanes) is 5. The Morgan fingerprint density at radius 2 is 0.895 bits per heavy atom. The van der Waals surface area contributed by atoms with E-state index in [4.69, 9.17) is 0 Å². The van der Waals surface area contributed by atoms with Crippen molar-refractivity contribution in [2.75, 3.05) is 0 Å². The second-order valence-corrected chi connectivity index (χ2v) is 11.0. The molecular formula is C36H48BN. The molecule has 0 aliphatic heterocycles. The Morgan fingerprint density at radius 3 is 1.26 bits per heavy atom. The smallest absolute Gasteiger partial charge is 0.168 e. The fraction of sp³-hybridized carbons (Fsp3) is 0.361. The molecular weight excluding hydrogens is 457 g/mol. The van der Waals surface area contributed by atoms with E-state index in [1.54, 1.807) is 0 Å². The van der Waals surface area contributed by atoms with E-state index in [1.807, 2.05) is 18.2 Å². The summed E-state index contributed by atoms with van der Waals surface area (Å²) in [5.74, 6) is 0. The lowest BCUT2D eigenvalue weighted by molar-refractivity contribution is -0.693. The first-order chi connectivity index (χ1) is 18.5. The van der Waals surface area contributed by atoms with Gasteiger partial charge in [0.15, 0.2) is 12.4 Å². The maximum atomic E-state index is 2.38. The second-order valence-electron chi connectivity index (χ2n) is 11.0. The number of nitrogens with zero attached hydrogens (tertiary/aromatic N) is 1. The largest absolute Gasteiger partial charge is 0.205 e. The van der Waals surface area contributed by atoms with Gasteiger partial charge in [0, 0.05) is 12.1 Å². The van der Waals surface area contributed by atoms with Crippen LogP contribution >= 0.6 is 0 Å². The van der Waals surface area contributed by atoms with Crippen LogP contribution in [0.5, 0.6) is 0 Å². The van der Waals surface area contributed by atoms with Gasteiger partial charge in [0.2, 0.25) is 0 Å². The molecule has 0 aliphatic carbocycles. The van der Waals surface area contributed by atoms with Gasteiger partial charge in [0.05, 0.1) is 6.15 Å². The van der Waals surface area contributed by atoms with Crippen molar-refractivity contribution in [3.05, 3.63) is 120 Å². The van der Waals surface area contributed by atoms with Crippen LogP contribution in [0.25, 0.3) is 0 Å². The van der Waals surface area contributed by atoms with Crippen molar-refractivity contribution in [2.45, 2.75) is 86.0 Å². The minimum absolute atomic E-state index is 0.981. The van der Waals surface area contributed by atoms with Gasteiger partial charge in [-0.25, -0.2) is 4.57 Å². The molecule has 38 heavy (non-hydrogen) atoms. The van der Waals surface area contributed by atoms with Gasteiger partial charge in [0.1, 0.15) is 6.54 Å². The van der Waals surface area contributed by atoms with E-state index < -0.39 is 6.15 Å². The van der Waals surface area contributed by atoms with E-state index in [9.17, 15) is 0 Å². The van der Waals surface area contributed by atoms with Crippen LogP contribution in [-0.2, 0) is 6.54 Å². The average Bonchev–Trinajstić information content (AvgIpc) is 2.95. The Labute approximate surface area is 232 Å². The Hall–Kier alpha value is -3.13. The summed E-state index contributed by atoms with van der Waals surface area (Å²) in [7, 11) is 0. The van der Waals surface area contributed by atoms with Gasteiger partial charge in [-0.05, 0) is 27.7 Å². The number of pyridine rings is 1. The third-order valence-corrected chi connectivity index (χ3v) is 8.07. The molecule has 0 bridgehead atoms. The van der Waals surface area contributed by atoms with Gasteiger partial charge in [-0.2, -0.15) is 22.7 Å². The molecule has 2 heteroatoms. The van der Waals surface area contributed by atoms with E-state index in [2.05, 4.69) is 124 Å². The summed E-state index contributed by atoms with van der Waals surface area (Å²) in [5, 5.41) is 0. The fourth-order valence-corrected chi connectivity index (χ4v) is 5.64. The number of benzene rings is 3. The van der Waals surface area contributed by atoms with Crippen LogP contribution in [0.4, 0.5) is 0 Å². The summed E-state index contributed by atoms with van der Waals surface area (Å²) in [4.78, 5) is 0. The van der Waals surface area contributed by atoms with Crippen LogP contribution in [0.15, 0.2) is 103 Å². The van der Waals surface area contributed by atoms with Crippen LogP contribution in [0.1, 0.15) is 69.1 Å². The number of hydrogen-bond donors (Lipinski definition) is 0. The van der Waals surface area contributed by atoms with Gasteiger partial charge in [-0.1, -0.05) is 141 Å². The van der Waals surface area contributed by atoms with Gasteiger partial charge in [-0.3, -0.25) is 0 Å². The molecule has 200 valence electrons. The van der Waals surface area contributed by atoms with Crippen molar-refractivity contribution in [1.29, 1.82) is 0 Å². The monoisotopic (exact) mass is 505 g/mol. The molecule has 1 heterocycles. The maximum absolute atomic E-state index is 2.38. The second kappa shape index (κ2) is 15.3. The molecule has 4 aromatic rings. The molecule has 0 radical (unpaired) electrons. The fourth-order valence-electron chi connectivity index (χ4n) is 5.64. The zero-order valence-electron chi connectivity index (χ0n) is 24.5. The predicted molar refractivity (Wildman–Crippen MR) is 169 cm³/mol. The predicted octanol–water partition coefficient (Wildman–Crippen LogP) is 7.44. The lowest BCUT2D eigenvalue weighted by Crippen LogP contribution is -2.67. The number of aromatic nitrogens is 1. The van der Waals surface area contributed by atoms with Gasteiger partial charge < -0.3 is 0 Å². The van der Waals surface area contributed by atoms with Crippen molar-refractivity contribution in [1.82, 2.24) is 0 Å². The zero-order valence-corrected chi connectivity index (χ0v) is 24.5. The molecule has 0 saturated carbocycles. The van der Waals surface area contributed by atoms with Crippen LogP contribution in [0.3, 0.4) is 0 Å². The van der Waals surface area contributed by atoms with Gasteiger partial charge >= 0.3 is 0 Å². The van der Waals surface area contributed by atoms with Crippen molar-refractivity contribution in [3.63, 3.8) is 0 Å². The molecule has 0 spiro atoms. The Bertz CT molecular complexity index is 1070. The van der Waals surface area contributed by atoms with E-state index in [-0.39, 0.29) is 0 Å².